The Hall–Kier alpha value is -1.49. The van der Waals surface area contributed by atoms with E-state index in [0.717, 1.165) is 46.7 Å². The number of hydrogen-bond donors (Lipinski definition) is 0. The number of halogens is 5. The fourth-order valence-corrected chi connectivity index (χ4v) is 7.58. The molecular formula is C43H45I5N4O2S. The van der Waals surface area contributed by atoms with Gasteiger partial charge in [-0.15, -0.1) is 0 Å². The van der Waals surface area contributed by atoms with E-state index in [4.69, 9.17) is 9.15 Å². The van der Waals surface area contributed by atoms with Crippen LogP contribution in [-0.2, 0) is 20.1 Å². The van der Waals surface area contributed by atoms with E-state index >= 15 is 0 Å². The summed E-state index contributed by atoms with van der Waals surface area (Å²) in [5.74, 6) is 1.77. The summed E-state index contributed by atoms with van der Waals surface area (Å²) in [6.07, 6.45) is 10.9. The summed E-state index contributed by atoms with van der Waals surface area (Å²) in [4.78, 5) is 2.10. The van der Waals surface area contributed by atoms with Crippen molar-refractivity contribution in [2.45, 2.75) is 38.1 Å². The summed E-state index contributed by atoms with van der Waals surface area (Å²) in [5.41, 5.74) is 8.34. The van der Waals surface area contributed by atoms with Crippen LogP contribution in [0.25, 0.3) is 39.0 Å². The van der Waals surface area contributed by atoms with E-state index in [1.807, 2.05) is 56.7 Å². The highest BCUT2D eigenvalue weighted by molar-refractivity contribution is 14.1. The van der Waals surface area contributed by atoms with Crippen molar-refractivity contribution in [1.82, 2.24) is 0 Å². The summed E-state index contributed by atoms with van der Waals surface area (Å²) in [6.45, 7) is 4.33. The first-order chi connectivity index (χ1) is 25.4. The van der Waals surface area contributed by atoms with E-state index in [1.165, 1.54) is 54.6 Å². The number of pyridine rings is 2. The molecule has 4 aromatic carbocycles. The summed E-state index contributed by atoms with van der Waals surface area (Å²) >= 11 is 6.48. The number of aromatic nitrogens is 3. The molecule has 1 aliphatic rings. The maximum Gasteiger partial charge on any atom is 0.411 e. The second-order valence-electron chi connectivity index (χ2n) is 12.5. The van der Waals surface area contributed by atoms with E-state index in [-0.39, 0.29) is 71.9 Å². The van der Waals surface area contributed by atoms with Crippen LogP contribution in [-0.4, -0.2) is 22.2 Å². The first-order valence-corrected chi connectivity index (χ1v) is 21.8. The average molecular weight is 1320 g/mol. The first-order valence-electron chi connectivity index (χ1n) is 17.5. The monoisotopic (exact) mass is 1320 g/mol. The Kier molecular flexibility index (Phi) is 20.7. The van der Waals surface area contributed by atoms with Crippen LogP contribution in [0.4, 0.5) is 5.69 Å². The standard InChI is InChI=1S/C21H20IN2O.C13H15IN.C9H10NOS.3HI/c1-23-19-9-4-5-10-20(19)25-21(23)15-16-11-14-24(13-6-12-22)18-8-3-2-7-17(16)18;1-11-7-10-15(9-4-8-14)13-6-3-2-5-12(11)13;1-10-7-5-3-4-6-8(7)11-9(10)12-2;;;/h2-5,7-11,14-15H,6,12-13H2,1H3;2-3,5-7,10H,4,8-9H2,1H3;3-6H,1-2H3;3*1H/q3*+1;;;/p-3. The van der Waals surface area contributed by atoms with Gasteiger partial charge in [-0.25, -0.2) is 0 Å². The average Bonchev–Trinajstić information content (AvgIpc) is 3.69. The lowest BCUT2D eigenvalue weighted by Gasteiger charge is -2.11. The molecule has 55 heavy (non-hydrogen) atoms. The summed E-state index contributed by atoms with van der Waals surface area (Å²) in [7, 11) is 4.06. The molecule has 0 N–H and O–H groups in total. The number of fused-ring (bicyclic) bond motifs is 4. The highest BCUT2D eigenvalue weighted by atomic mass is 127. The molecule has 0 aliphatic carbocycles. The van der Waals surface area contributed by atoms with Crippen LogP contribution in [0.1, 0.15) is 24.0 Å². The first kappa shape index (κ1) is 47.9. The summed E-state index contributed by atoms with van der Waals surface area (Å²) in [6, 6.07) is 37.8. The molecule has 3 aromatic heterocycles. The molecule has 0 bridgehead atoms. The number of thioether (sulfide) groups is 1. The Morgan fingerprint density at radius 3 is 1.85 bits per heavy atom. The van der Waals surface area contributed by atoms with Crippen LogP contribution >= 0.6 is 56.9 Å². The van der Waals surface area contributed by atoms with E-state index in [1.54, 1.807) is 11.8 Å². The van der Waals surface area contributed by atoms with Gasteiger partial charge in [0.2, 0.25) is 22.5 Å². The Bertz CT molecular complexity index is 2340. The zero-order valence-corrected chi connectivity index (χ0v) is 42.9. The van der Waals surface area contributed by atoms with Crippen LogP contribution in [0.3, 0.4) is 0 Å². The van der Waals surface area contributed by atoms with Crippen molar-refractivity contribution in [3.05, 3.63) is 139 Å². The van der Waals surface area contributed by atoms with Crippen molar-refractivity contribution >= 4 is 102 Å². The Morgan fingerprint density at radius 1 is 0.691 bits per heavy atom. The summed E-state index contributed by atoms with van der Waals surface area (Å²) < 4.78 is 20.7. The number of aryl methyl sites for hydroxylation is 4. The van der Waals surface area contributed by atoms with Gasteiger partial charge in [0.15, 0.2) is 18.1 Å². The molecule has 12 heteroatoms. The number of alkyl halides is 2. The van der Waals surface area contributed by atoms with Gasteiger partial charge < -0.3 is 86.0 Å². The summed E-state index contributed by atoms with van der Waals surface area (Å²) in [5, 5.41) is 3.56. The number of nitrogens with zero attached hydrogens (tertiary/aromatic N) is 4. The minimum absolute atomic E-state index is 0. The van der Waals surface area contributed by atoms with Gasteiger partial charge in [0.25, 0.3) is 5.52 Å². The Balaban J connectivity index is 0.000000233. The number of para-hydroxylation sites is 6. The maximum atomic E-state index is 6.05. The largest absolute Gasteiger partial charge is 1.00 e. The van der Waals surface area contributed by atoms with E-state index in [2.05, 4.69) is 162 Å². The number of benzene rings is 4. The second-order valence-corrected chi connectivity index (χ2v) is 15.4. The molecule has 4 heterocycles. The molecule has 0 spiro atoms. The molecule has 0 atom stereocenters. The van der Waals surface area contributed by atoms with Gasteiger partial charge in [-0.05, 0) is 66.4 Å². The quantitative estimate of drug-likeness (QED) is 0.0989. The predicted octanol–water partition coefficient (Wildman–Crippen LogP) is 1.03. The van der Waals surface area contributed by atoms with Crippen molar-refractivity contribution in [1.29, 1.82) is 0 Å². The van der Waals surface area contributed by atoms with E-state index in [9.17, 15) is 0 Å². The molecular weight excluding hydrogens is 1270 g/mol. The molecule has 8 rings (SSSR count). The van der Waals surface area contributed by atoms with E-state index in [0.29, 0.717) is 0 Å². The van der Waals surface area contributed by atoms with Crippen LogP contribution < -0.4 is 95.3 Å². The second kappa shape index (κ2) is 23.8. The van der Waals surface area contributed by atoms with Crippen molar-refractivity contribution in [3.8, 4) is 5.75 Å². The smallest absolute Gasteiger partial charge is 0.411 e. The highest BCUT2D eigenvalue weighted by Gasteiger charge is 2.23. The molecule has 290 valence electrons. The zero-order chi connectivity index (χ0) is 36.5. The van der Waals surface area contributed by atoms with E-state index < -0.39 is 0 Å². The maximum absolute atomic E-state index is 6.05. The lowest BCUT2D eigenvalue weighted by Crippen LogP contribution is -3.00. The molecule has 0 amide bonds. The van der Waals surface area contributed by atoms with Crippen LogP contribution in [0.5, 0.6) is 5.75 Å². The number of hydrogen-bond acceptors (Lipinski definition) is 4. The van der Waals surface area contributed by atoms with Crippen molar-refractivity contribution < 1.29 is 94.8 Å². The number of rotatable bonds is 8. The lowest BCUT2D eigenvalue weighted by molar-refractivity contribution is -0.692. The zero-order valence-electron chi connectivity index (χ0n) is 31.3. The van der Waals surface area contributed by atoms with Gasteiger partial charge in [0.05, 0.1) is 11.1 Å². The van der Waals surface area contributed by atoms with Gasteiger partial charge in [0, 0.05) is 70.5 Å². The van der Waals surface area contributed by atoms with Crippen LogP contribution in [0.2, 0.25) is 0 Å². The molecule has 7 aromatic rings. The molecule has 0 fully saturated rings. The van der Waals surface area contributed by atoms with Crippen LogP contribution in [0, 0.1) is 6.92 Å². The van der Waals surface area contributed by atoms with Gasteiger partial charge >= 0.3 is 5.22 Å². The third-order valence-electron chi connectivity index (χ3n) is 9.09. The van der Waals surface area contributed by atoms with Crippen molar-refractivity contribution in [2.75, 3.05) is 27.1 Å². The minimum Gasteiger partial charge on any atom is -1.00 e. The van der Waals surface area contributed by atoms with Gasteiger partial charge in [-0.3, -0.25) is 0 Å². The number of anilines is 1. The Morgan fingerprint density at radius 2 is 1.24 bits per heavy atom. The van der Waals surface area contributed by atoms with Gasteiger partial charge in [-0.2, -0.15) is 13.7 Å². The molecule has 0 saturated carbocycles. The fraction of sp³-hybridized carbons (Fsp3) is 0.233. The third kappa shape index (κ3) is 11.8. The topological polar surface area (TPSA) is 37.3 Å². The SMILES string of the molecule is CN1/C(=C/c2cc[n+](CCCI)c3ccccc23)Oc2ccccc21.CSc1oc2ccccc2[n+]1C.Cc1cc[n+](CCCI)c2ccccc12.[I-].[I-].[I-]. The molecule has 6 nitrogen and oxygen atoms in total. The molecule has 0 radical (unpaired) electrons. The van der Waals surface area contributed by atoms with Crippen LogP contribution in [0.15, 0.2) is 137 Å². The Labute approximate surface area is 407 Å². The van der Waals surface area contributed by atoms with Gasteiger partial charge in [0.1, 0.15) is 20.1 Å². The molecule has 0 saturated heterocycles. The predicted molar refractivity (Wildman–Crippen MR) is 233 cm³/mol. The third-order valence-corrected chi connectivity index (χ3v) is 11.3. The lowest BCUT2D eigenvalue weighted by atomic mass is 10.1. The van der Waals surface area contributed by atoms with Crippen molar-refractivity contribution in [2.24, 2.45) is 7.05 Å². The minimum atomic E-state index is 0. The molecule has 1 aliphatic heterocycles. The van der Waals surface area contributed by atoms with Gasteiger partial charge in [-0.1, -0.05) is 93.7 Å². The molecule has 0 unspecified atom stereocenters. The van der Waals surface area contributed by atoms with Crippen molar-refractivity contribution in [3.63, 3.8) is 0 Å². The number of ether oxygens (including phenoxy) is 1. The normalized spacial score (nSPS) is 12.0. The fourth-order valence-electron chi connectivity index (χ4n) is 6.35. The number of oxazole rings is 1. The highest BCUT2D eigenvalue weighted by Crippen LogP contribution is 2.38.